The average Bonchev–Trinajstić information content (AvgIpc) is 2.79. The van der Waals surface area contributed by atoms with Gasteiger partial charge in [-0.2, -0.15) is 4.98 Å². The Balaban J connectivity index is 2.37. The molecule has 2 rings (SSSR count). The van der Waals surface area contributed by atoms with Crippen LogP contribution in [0, 0.1) is 0 Å². The summed E-state index contributed by atoms with van der Waals surface area (Å²) in [4.78, 5) is 4.00. The molecular formula is C12H16N2O4S. The lowest BCUT2D eigenvalue weighted by Crippen LogP contribution is -2.20. The minimum Gasteiger partial charge on any atom is -0.428 e. The van der Waals surface area contributed by atoms with E-state index in [-0.39, 0.29) is 5.22 Å². The second kappa shape index (κ2) is 5.18. The van der Waals surface area contributed by atoms with E-state index < -0.39 is 15.1 Å². The van der Waals surface area contributed by atoms with Crippen molar-refractivity contribution in [1.82, 2.24) is 4.98 Å². The Bertz CT molecular complexity index is 678. The Morgan fingerprint density at radius 2 is 2.21 bits per heavy atom. The fourth-order valence-electron chi connectivity index (χ4n) is 1.66. The molecule has 0 amide bonds. The molecule has 0 saturated carbocycles. The Hall–Kier alpha value is -1.60. The van der Waals surface area contributed by atoms with Crippen LogP contribution in [0.1, 0.15) is 13.3 Å². The van der Waals surface area contributed by atoms with Gasteiger partial charge < -0.3 is 14.9 Å². The van der Waals surface area contributed by atoms with Gasteiger partial charge in [-0.3, -0.25) is 0 Å². The molecule has 0 aliphatic rings. The second-order valence-corrected chi connectivity index (χ2v) is 6.59. The number of fused-ring (bicyclic) bond motifs is 1. The van der Waals surface area contributed by atoms with Gasteiger partial charge in [-0.15, -0.1) is 0 Å². The summed E-state index contributed by atoms with van der Waals surface area (Å²) in [6.45, 7) is 1.98. The summed E-state index contributed by atoms with van der Waals surface area (Å²) in [7, 11) is -2.06. The van der Waals surface area contributed by atoms with Gasteiger partial charge in [0.05, 0.1) is 5.25 Å². The molecule has 0 fully saturated rings. The van der Waals surface area contributed by atoms with Crippen LogP contribution >= 0.6 is 0 Å². The molecule has 1 atom stereocenters. The maximum Gasteiger partial charge on any atom is 0.316 e. The SMILES string of the molecule is COCCC(C)S(=O)(=O)c1nc2cc(N)ccc2o1. The van der Waals surface area contributed by atoms with E-state index in [1.165, 1.54) is 7.11 Å². The number of anilines is 1. The van der Waals surface area contributed by atoms with Crippen LogP contribution in [0.5, 0.6) is 0 Å². The van der Waals surface area contributed by atoms with Gasteiger partial charge in [0.15, 0.2) is 5.58 Å². The maximum absolute atomic E-state index is 12.2. The Labute approximate surface area is 111 Å². The fourth-order valence-corrected chi connectivity index (χ4v) is 2.84. The average molecular weight is 284 g/mol. The first kappa shape index (κ1) is 13.8. The zero-order valence-corrected chi connectivity index (χ0v) is 11.6. The lowest BCUT2D eigenvalue weighted by molar-refractivity contribution is 0.194. The topological polar surface area (TPSA) is 95.4 Å². The molecule has 0 radical (unpaired) electrons. The fraction of sp³-hybridized carbons (Fsp3) is 0.417. The van der Waals surface area contributed by atoms with Crippen LogP contribution in [0.2, 0.25) is 0 Å². The highest BCUT2D eigenvalue weighted by Gasteiger charge is 2.28. The van der Waals surface area contributed by atoms with Crippen LogP contribution < -0.4 is 5.73 Å². The first-order valence-corrected chi connectivity index (χ1v) is 7.38. The molecule has 7 heteroatoms. The molecule has 0 aliphatic carbocycles. The first-order valence-electron chi connectivity index (χ1n) is 5.84. The largest absolute Gasteiger partial charge is 0.428 e. The monoisotopic (exact) mass is 284 g/mol. The van der Waals surface area contributed by atoms with Gasteiger partial charge in [-0.25, -0.2) is 8.42 Å². The number of nitrogen functional groups attached to an aromatic ring is 1. The highest BCUT2D eigenvalue weighted by molar-refractivity contribution is 7.91. The van der Waals surface area contributed by atoms with E-state index in [0.29, 0.717) is 29.8 Å². The summed E-state index contributed by atoms with van der Waals surface area (Å²) in [5.74, 6) is 0. The number of methoxy groups -OCH3 is 1. The van der Waals surface area contributed by atoms with Crippen LogP contribution in [0.3, 0.4) is 0 Å². The summed E-state index contributed by atoms with van der Waals surface area (Å²) in [6.07, 6.45) is 0.389. The van der Waals surface area contributed by atoms with Gasteiger partial charge >= 0.3 is 5.22 Å². The van der Waals surface area contributed by atoms with Gasteiger partial charge in [0.2, 0.25) is 9.84 Å². The van der Waals surface area contributed by atoms with Crippen LogP contribution in [0.4, 0.5) is 5.69 Å². The minimum absolute atomic E-state index is 0.267. The Morgan fingerprint density at radius 1 is 1.47 bits per heavy atom. The summed E-state index contributed by atoms with van der Waals surface area (Å²) in [6, 6.07) is 4.83. The number of hydrogen-bond donors (Lipinski definition) is 1. The molecule has 0 bridgehead atoms. The smallest absolute Gasteiger partial charge is 0.316 e. The number of nitrogens with zero attached hydrogens (tertiary/aromatic N) is 1. The van der Waals surface area contributed by atoms with Crippen LogP contribution in [-0.4, -0.2) is 32.4 Å². The first-order chi connectivity index (χ1) is 8.95. The molecule has 2 N–H and O–H groups in total. The van der Waals surface area contributed by atoms with Crippen LogP contribution in [0.25, 0.3) is 11.1 Å². The number of benzene rings is 1. The molecule has 1 aromatic heterocycles. The lowest BCUT2D eigenvalue weighted by Gasteiger charge is -2.08. The standard InChI is InChI=1S/C12H16N2O4S/c1-8(5-6-17-2)19(15,16)12-14-10-7-9(13)3-4-11(10)18-12/h3-4,7-8H,5-6,13H2,1-2H3. The van der Waals surface area contributed by atoms with E-state index in [2.05, 4.69) is 4.98 Å². The number of oxazole rings is 1. The van der Waals surface area contributed by atoms with E-state index >= 15 is 0 Å². The number of nitrogens with two attached hydrogens (primary N) is 1. The molecule has 1 aromatic carbocycles. The molecule has 19 heavy (non-hydrogen) atoms. The van der Waals surface area contributed by atoms with Crippen molar-refractivity contribution < 1.29 is 17.6 Å². The summed E-state index contributed by atoms with van der Waals surface area (Å²) < 4.78 is 34.7. The highest BCUT2D eigenvalue weighted by atomic mass is 32.2. The van der Waals surface area contributed by atoms with E-state index in [1.54, 1.807) is 25.1 Å². The zero-order chi connectivity index (χ0) is 14.0. The number of aromatic nitrogens is 1. The third-order valence-corrected chi connectivity index (χ3v) is 4.85. The van der Waals surface area contributed by atoms with Crippen LogP contribution in [-0.2, 0) is 14.6 Å². The predicted octanol–water partition coefficient (Wildman–Crippen LogP) is 1.61. The molecule has 0 saturated heterocycles. The third-order valence-electron chi connectivity index (χ3n) is 2.89. The molecule has 6 nitrogen and oxygen atoms in total. The van der Waals surface area contributed by atoms with Gasteiger partial charge in [0, 0.05) is 19.4 Å². The lowest BCUT2D eigenvalue weighted by atomic mass is 10.3. The van der Waals surface area contributed by atoms with E-state index in [1.807, 2.05) is 0 Å². The van der Waals surface area contributed by atoms with Crippen molar-refractivity contribution in [2.45, 2.75) is 23.8 Å². The summed E-state index contributed by atoms with van der Waals surface area (Å²) in [5.41, 5.74) is 6.98. The third kappa shape index (κ3) is 2.71. The molecule has 1 unspecified atom stereocenters. The Morgan fingerprint density at radius 3 is 2.89 bits per heavy atom. The second-order valence-electron chi connectivity index (χ2n) is 4.34. The van der Waals surface area contributed by atoms with Crippen molar-refractivity contribution in [3.8, 4) is 0 Å². The molecule has 0 spiro atoms. The van der Waals surface area contributed by atoms with Crippen molar-refractivity contribution in [3.05, 3.63) is 18.2 Å². The number of sulfone groups is 1. The van der Waals surface area contributed by atoms with Crippen molar-refractivity contribution in [3.63, 3.8) is 0 Å². The van der Waals surface area contributed by atoms with E-state index in [9.17, 15) is 8.42 Å². The number of ether oxygens (including phenoxy) is 1. The van der Waals surface area contributed by atoms with Gasteiger partial charge in [0.1, 0.15) is 5.52 Å². The minimum atomic E-state index is -3.58. The van der Waals surface area contributed by atoms with Crippen molar-refractivity contribution in [2.75, 3.05) is 19.5 Å². The summed E-state index contributed by atoms with van der Waals surface area (Å²) in [5, 5.41) is -0.880. The van der Waals surface area contributed by atoms with E-state index in [0.717, 1.165) is 0 Å². The van der Waals surface area contributed by atoms with Gasteiger partial charge in [-0.1, -0.05) is 0 Å². The Kier molecular flexibility index (Phi) is 3.77. The molecule has 2 aromatic rings. The number of rotatable bonds is 5. The quantitative estimate of drug-likeness (QED) is 0.838. The molecule has 1 heterocycles. The highest BCUT2D eigenvalue weighted by Crippen LogP contribution is 2.24. The van der Waals surface area contributed by atoms with E-state index in [4.69, 9.17) is 14.9 Å². The number of hydrogen-bond acceptors (Lipinski definition) is 6. The zero-order valence-electron chi connectivity index (χ0n) is 10.8. The predicted molar refractivity (Wildman–Crippen MR) is 71.6 cm³/mol. The maximum atomic E-state index is 12.2. The van der Waals surface area contributed by atoms with Crippen molar-refractivity contribution >= 4 is 26.6 Å². The van der Waals surface area contributed by atoms with Gasteiger partial charge in [-0.05, 0) is 31.5 Å². The normalized spacial score (nSPS) is 13.8. The molecule has 0 aliphatic heterocycles. The van der Waals surface area contributed by atoms with Gasteiger partial charge in [0.25, 0.3) is 0 Å². The van der Waals surface area contributed by atoms with Crippen molar-refractivity contribution in [2.24, 2.45) is 0 Å². The molecule has 104 valence electrons. The molecular weight excluding hydrogens is 268 g/mol. The van der Waals surface area contributed by atoms with Crippen LogP contribution in [0.15, 0.2) is 27.8 Å². The van der Waals surface area contributed by atoms with Crippen molar-refractivity contribution in [1.29, 1.82) is 0 Å². The summed E-state index contributed by atoms with van der Waals surface area (Å²) >= 11 is 0.